The van der Waals surface area contributed by atoms with Crippen molar-refractivity contribution in [2.75, 3.05) is 5.32 Å². The summed E-state index contributed by atoms with van der Waals surface area (Å²) in [5, 5.41) is 15.5. The second-order valence-electron chi connectivity index (χ2n) is 5.74. The van der Waals surface area contributed by atoms with Gasteiger partial charge in [-0.1, -0.05) is 42.5 Å². The Hall–Kier alpha value is -2.95. The third-order valence-corrected chi connectivity index (χ3v) is 4.34. The lowest BCUT2D eigenvalue weighted by atomic mass is 10.1. The van der Waals surface area contributed by atoms with Crippen LogP contribution in [-0.2, 0) is 6.42 Å². The number of hydrogen-bond acceptors (Lipinski definition) is 4. The molecule has 1 aromatic heterocycles. The Morgan fingerprint density at radius 2 is 1.91 bits per heavy atom. The Morgan fingerprint density at radius 1 is 1.13 bits per heavy atom. The van der Waals surface area contributed by atoms with Gasteiger partial charge in [-0.3, -0.25) is 10.1 Å². The smallest absolute Gasteiger partial charge is 0.312 e. The fraction of sp³-hybridized carbons (Fsp3) is 0.167. The fourth-order valence-corrected chi connectivity index (χ4v) is 3.22. The zero-order valence-electron chi connectivity index (χ0n) is 12.4. The second kappa shape index (κ2) is 5.35. The minimum Gasteiger partial charge on any atom is -0.357 e. The molecule has 1 aliphatic carbocycles. The van der Waals surface area contributed by atoms with Gasteiger partial charge in [-0.15, -0.1) is 0 Å². The molecule has 0 unspecified atom stereocenters. The third kappa shape index (κ3) is 2.40. The summed E-state index contributed by atoms with van der Waals surface area (Å²) in [5.74, 6) is 0.343. The molecule has 1 aliphatic rings. The highest BCUT2D eigenvalue weighted by atomic mass is 16.6. The molecule has 23 heavy (non-hydrogen) atoms. The highest BCUT2D eigenvalue weighted by molar-refractivity contribution is 5.84. The van der Waals surface area contributed by atoms with E-state index in [1.807, 2.05) is 36.4 Å². The van der Waals surface area contributed by atoms with Crippen LogP contribution >= 0.6 is 0 Å². The Bertz CT molecular complexity index is 908. The second-order valence-corrected chi connectivity index (χ2v) is 5.74. The molecule has 3 aromatic rings. The van der Waals surface area contributed by atoms with Gasteiger partial charge in [0.05, 0.1) is 16.5 Å². The molecule has 0 fully saturated rings. The standard InChI is InChI=1S/C18H15N3O2/c22-21(23)17-11-13-6-2-4-8-15(13)19-18(17)20-16-10-9-12-5-1-3-7-14(12)16/h1-8,11,16H,9-10H2,(H,19,20)/t16-/m1/s1. The maximum atomic E-state index is 11.4. The van der Waals surface area contributed by atoms with Gasteiger partial charge < -0.3 is 5.32 Å². The predicted octanol–water partition coefficient (Wildman–Crippen LogP) is 4.24. The molecule has 2 aromatic carbocycles. The van der Waals surface area contributed by atoms with Crippen molar-refractivity contribution in [3.8, 4) is 0 Å². The van der Waals surface area contributed by atoms with E-state index in [1.54, 1.807) is 6.07 Å². The molecule has 4 rings (SSSR count). The number of nitrogens with zero attached hydrogens (tertiary/aromatic N) is 2. The van der Waals surface area contributed by atoms with Gasteiger partial charge in [-0.25, -0.2) is 4.98 Å². The van der Waals surface area contributed by atoms with Crippen molar-refractivity contribution in [2.24, 2.45) is 0 Å². The number of anilines is 1. The lowest BCUT2D eigenvalue weighted by Gasteiger charge is -2.15. The van der Waals surface area contributed by atoms with Crippen molar-refractivity contribution >= 4 is 22.4 Å². The number of aryl methyl sites for hydroxylation is 1. The number of hydrogen-bond donors (Lipinski definition) is 1. The summed E-state index contributed by atoms with van der Waals surface area (Å²) in [6.07, 6.45) is 1.90. The summed E-state index contributed by atoms with van der Waals surface area (Å²) in [4.78, 5) is 15.5. The van der Waals surface area contributed by atoms with Crippen molar-refractivity contribution in [1.82, 2.24) is 4.98 Å². The summed E-state index contributed by atoms with van der Waals surface area (Å²) in [6.45, 7) is 0. The number of nitro groups is 1. The molecule has 0 saturated heterocycles. The highest BCUT2D eigenvalue weighted by Gasteiger charge is 2.25. The van der Waals surface area contributed by atoms with Crippen LogP contribution < -0.4 is 5.32 Å². The number of rotatable bonds is 3. The lowest BCUT2D eigenvalue weighted by Crippen LogP contribution is -2.10. The third-order valence-electron chi connectivity index (χ3n) is 4.34. The van der Waals surface area contributed by atoms with E-state index in [4.69, 9.17) is 0 Å². The molecule has 0 amide bonds. The van der Waals surface area contributed by atoms with E-state index in [0.29, 0.717) is 5.82 Å². The Balaban J connectivity index is 1.77. The molecule has 5 heteroatoms. The number of para-hydroxylation sites is 1. The highest BCUT2D eigenvalue weighted by Crippen LogP contribution is 2.36. The average molecular weight is 305 g/mol. The predicted molar refractivity (Wildman–Crippen MR) is 89.5 cm³/mol. The van der Waals surface area contributed by atoms with Crippen molar-refractivity contribution < 1.29 is 4.92 Å². The van der Waals surface area contributed by atoms with Crippen LogP contribution in [-0.4, -0.2) is 9.91 Å². The van der Waals surface area contributed by atoms with Crippen molar-refractivity contribution in [3.63, 3.8) is 0 Å². The first-order valence-electron chi connectivity index (χ1n) is 7.61. The molecule has 0 bridgehead atoms. The Labute approximate surface area is 133 Å². The Kier molecular flexibility index (Phi) is 3.19. The van der Waals surface area contributed by atoms with Gasteiger partial charge in [-0.05, 0) is 30.0 Å². The number of fused-ring (bicyclic) bond motifs is 2. The molecule has 1 heterocycles. The van der Waals surface area contributed by atoms with Crippen LogP contribution in [0.5, 0.6) is 0 Å². The van der Waals surface area contributed by atoms with Crippen LogP contribution in [0.2, 0.25) is 0 Å². The monoisotopic (exact) mass is 305 g/mol. The van der Waals surface area contributed by atoms with E-state index < -0.39 is 0 Å². The van der Waals surface area contributed by atoms with Crippen LogP contribution in [0.1, 0.15) is 23.6 Å². The first kappa shape index (κ1) is 13.7. The topological polar surface area (TPSA) is 68.1 Å². The van der Waals surface area contributed by atoms with E-state index in [0.717, 1.165) is 23.7 Å². The van der Waals surface area contributed by atoms with E-state index >= 15 is 0 Å². The molecule has 1 N–H and O–H groups in total. The summed E-state index contributed by atoms with van der Waals surface area (Å²) in [6, 6.07) is 17.3. The van der Waals surface area contributed by atoms with Crippen LogP contribution in [0.25, 0.3) is 10.9 Å². The van der Waals surface area contributed by atoms with Crippen molar-refractivity contribution in [3.05, 3.63) is 75.8 Å². The molecule has 1 atom stereocenters. The maximum Gasteiger partial charge on any atom is 0.312 e. The van der Waals surface area contributed by atoms with Gasteiger partial charge >= 0.3 is 5.69 Å². The van der Waals surface area contributed by atoms with Gasteiger partial charge in [0.1, 0.15) is 0 Å². The minimum absolute atomic E-state index is 0.0214. The van der Waals surface area contributed by atoms with Crippen molar-refractivity contribution in [2.45, 2.75) is 18.9 Å². The molecular weight excluding hydrogens is 290 g/mol. The first-order chi connectivity index (χ1) is 11.2. The van der Waals surface area contributed by atoms with E-state index in [-0.39, 0.29) is 16.7 Å². The van der Waals surface area contributed by atoms with Crippen LogP contribution in [0.3, 0.4) is 0 Å². The fourth-order valence-electron chi connectivity index (χ4n) is 3.22. The normalized spacial score (nSPS) is 16.3. The summed E-state index contributed by atoms with van der Waals surface area (Å²) in [7, 11) is 0. The quantitative estimate of drug-likeness (QED) is 0.580. The summed E-state index contributed by atoms with van der Waals surface area (Å²) >= 11 is 0. The molecule has 114 valence electrons. The number of nitrogens with one attached hydrogen (secondary N) is 1. The SMILES string of the molecule is O=[N+]([O-])c1cc2ccccc2nc1N[C@@H]1CCc2ccccc21. The van der Waals surface area contributed by atoms with Gasteiger partial charge in [0.15, 0.2) is 0 Å². The average Bonchev–Trinajstić information content (AvgIpc) is 2.97. The number of benzene rings is 2. The Morgan fingerprint density at radius 3 is 2.78 bits per heavy atom. The minimum atomic E-state index is -0.372. The zero-order valence-corrected chi connectivity index (χ0v) is 12.4. The summed E-state index contributed by atoms with van der Waals surface area (Å²) in [5.41, 5.74) is 3.28. The molecule has 0 aliphatic heterocycles. The molecular formula is C18H15N3O2. The molecule has 0 radical (unpaired) electrons. The van der Waals surface area contributed by atoms with Crippen molar-refractivity contribution in [1.29, 1.82) is 0 Å². The van der Waals surface area contributed by atoms with E-state index in [1.165, 1.54) is 11.1 Å². The van der Waals surface area contributed by atoms with E-state index in [2.05, 4.69) is 22.4 Å². The molecule has 5 nitrogen and oxygen atoms in total. The van der Waals surface area contributed by atoms with Gasteiger partial charge in [0.2, 0.25) is 5.82 Å². The van der Waals surface area contributed by atoms with Gasteiger partial charge in [-0.2, -0.15) is 0 Å². The van der Waals surface area contributed by atoms with Crippen LogP contribution in [0.15, 0.2) is 54.6 Å². The summed E-state index contributed by atoms with van der Waals surface area (Å²) < 4.78 is 0. The number of pyridine rings is 1. The van der Waals surface area contributed by atoms with E-state index in [9.17, 15) is 10.1 Å². The maximum absolute atomic E-state index is 11.4. The van der Waals surface area contributed by atoms with Crippen LogP contribution in [0, 0.1) is 10.1 Å². The first-order valence-corrected chi connectivity index (χ1v) is 7.61. The lowest BCUT2D eigenvalue weighted by molar-refractivity contribution is -0.384. The largest absolute Gasteiger partial charge is 0.357 e. The molecule has 0 spiro atoms. The van der Waals surface area contributed by atoms with Gasteiger partial charge in [0, 0.05) is 11.5 Å². The van der Waals surface area contributed by atoms with Crippen LogP contribution in [0.4, 0.5) is 11.5 Å². The zero-order chi connectivity index (χ0) is 15.8. The molecule has 0 saturated carbocycles. The van der Waals surface area contributed by atoms with Gasteiger partial charge in [0.25, 0.3) is 0 Å². The number of aromatic nitrogens is 1.